The minimum atomic E-state index is -1.53. The van der Waals surface area contributed by atoms with E-state index in [1.165, 1.54) is 0 Å². The van der Waals surface area contributed by atoms with E-state index in [9.17, 15) is 34.2 Å². The van der Waals surface area contributed by atoms with E-state index in [1.54, 1.807) is 0 Å². The summed E-state index contributed by atoms with van der Waals surface area (Å²) in [6.45, 7) is -0.539. The smallest absolute Gasteiger partial charge is 0.326 e. The number of nitrogens with zero attached hydrogens (tertiary/aromatic N) is 2. The van der Waals surface area contributed by atoms with Crippen LogP contribution in [0.15, 0.2) is 9.98 Å². The molecule has 0 saturated heterocycles. The number of carbonyl (C=O) groups is 5. The lowest BCUT2D eigenvalue weighted by Gasteiger charge is -2.24. The molecule has 0 heterocycles. The summed E-state index contributed by atoms with van der Waals surface area (Å²) in [5.74, 6) is -5.73. The van der Waals surface area contributed by atoms with Gasteiger partial charge < -0.3 is 59.9 Å². The number of aliphatic imine (C=N–C) groups is 2. The summed E-state index contributed by atoms with van der Waals surface area (Å²) in [5, 5.41) is 34.7. The molecule has 0 radical (unpaired) electrons. The molecule has 0 bridgehead atoms. The largest absolute Gasteiger partial charge is 0.481 e. The summed E-state index contributed by atoms with van der Waals surface area (Å²) in [4.78, 5) is 67.7. The van der Waals surface area contributed by atoms with Crippen molar-refractivity contribution < 1.29 is 39.3 Å². The molecule has 0 aliphatic heterocycles. The highest BCUT2D eigenvalue weighted by molar-refractivity contribution is 5.94. The van der Waals surface area contributed by atoms with E-state index >= 15 is 0 Å². The number of guanidine groups is 2. The summed E-state index contributed by atoms with van der Waals surface area (Å²) in [5.41, 5.74) is 26.6. The number of aliphatic hydroxyl groups is 1. The van der Waals surface area contributed by atoms with Crippen molar-refractivity contribution in [2.45, 2.75) is 62.7 Å². The van der Waals surface area contributed by atoms with Crippen molar-refractivity contribution in [3.8, 4) is 0 Å². The number of nitrogens with two attached hydrogens (primary N) is 5. The molecule has 0 spiro atoms. The summed E-state index contributed by atoms with van der Waals surface area (Å²) in [7, 11) is 0. The van der Waals surface area contributed by atoms with E-state index in [2.05, 4.69) is 25.9 Å². The number of nitrogens with one attached hydrogen (secondary N) is 3. The lowest BCUT2D eigenvalue weighted by Crippen LogP contribution is -2.58. The predicted octanol–water partition coefficient (Wildman–Crippen LogP) is -5.18. The molecule has 18 nitrogen and oxygen atoms in total. The SMILES string of the molecule is NC(N)=NCCCC(N)C(=O)NC(CO)C(=O)NC(CCC(=O)O)C(=O)NC(CCCN=C(N)N)C(=O)O. The van der Waals surface area contributed by atoms with Gasteiger partial charge in [0.15, 0.2) is 11.9 Å². The highest BCUT2D eigenvalue weighted by Crippen LogP contribution is 2.04. The lowest BCUT2D eigenvalue weighted by atomic mass is 10.1. The Hall–Kier alpha value is -4.19. The highest BCUT2D eigenvalue weighted by Gasteiger charge is 2.30. The molecule has 3 amide bonds. The molecule has 4 unspecified atom stereocenters. The van der Waals surface area contributed by atoms with E-state index in [1.807, 2.05) is 0 Å². The van der Waals surface area contributed by atoms with Gasteiger partial charge in [0.1, 0.15) is 18.1 Å². The van der Waals surface area contributed by atoms with Crippen LogP contribution in [-0.2, 0) is 24.0 Å². The van der Waals surface area contributed by atoms with Gasteiger partial charge in [-0.3, -0.25) is 29.2 Å². The molecular weight excluding hydrogens is 508 g/mol. The van der Waals surface area contributed by atoms with Gasteiger partial charge in [-0.25, -0.2) is 4.79 Å². The van der Waals surface area contributed by atoms with Crippen LogP contribution in [0.25, 0.3) is 0 Å². The molecule has 38 heavy (non-hydrogen) atoms. The Morgan fingerprint density at radius 2 is 1.16 bits per heavy atom. The maximum atomic E-state index is 12.7. The quantitative estimate of drug-likeness (QED) is 0.0410. The number of amides is 3. The fourth-order valence-corrected chi connectivity index (χ4v) is 2.97. The van der Waals surface area contributed by atoms with Gasteiger partial charge in [-0.15, -0.1) is 0 Å². The van der Waals surface area contributed by atoms with Crippen molar-refractivity contribution >= 4 is 41.6 Å². The van der Waals surface area contributed by atoms with Crippen LogP contribution in [0, 0.1) is 0 Å². The maximum absolute atomic E-state index is 12.7. The molecule has 0 saturated carbocycles. The van der Waals surface area contributed by atoms with Gasteiger partial charge in [-0.05, 0) is 32.1 Å². The van der Waals surface area contributed by atoms with Gasteiger partial charge >= 0.3 is 11.9 Å². The molecule has 0 aromatic heterocycles. The van der Waals surface area contributed by atoms with Crippen molar-refractivity contribution in [1.82, 2.24) is 16.0 Å². The number of carboxylic acids is 2. The van der Waals surface area contributed by atoms with Crippen molar-refractivity contribution in [3.63, 3.8) is 0 Å². The Balaban J connectivity index is 5.25. The lowest BCUT2D eigenvalue weighted by molar-refractivity contribution is -0.143. The minimum absolute atomic E-state index is 0.0617. The first-order chi connectivity index (χ1) is 17.8. The van der Waals surface area contributed by atoms with Crippen LogP contribution in [0.1, 0.15) is 38.5 Å². The summed E-state index contributed by atoms with van der Waals surface area (Å²) >= 11 is 0. The van der Waals surface area contributed by atoms with Gasteiger partial charge in [-0.1, -0.05) is 0 Å². The Kier molecular flexibility index (Phi) is 16.1. The third kappa shape index (κ3) is 15.0. The first-order valence-electron chi connectivity index (χ1n) is 11.6. The van der Waals surface area contributed by atoms with E-state index < -0.39 is 73.3 Å². The van der Waals surface area contributed by atoms with Crippen LogP contribution < -0.4 is 44.6 Å². The second-order valence-electron chi connectivity index (χ2n) is 8.14. The molecule has 0 aliphatic rings. The van der Waals surface area contributed by atoms with Gasteiger partial charge in [-0.2, -0.15) is 0 Å². The van der Waals surface area contributed by atoms with Crippen molar-refractivity contribution in [2.75, 3.05) is 19.7 Å². The van der Waals surface area contributed by atoms with Crippen LogP contribution in [0.2, 0.25) is 0 Å². The first kappa shape index (κ1) is 33.8. The van der Waals surface area contributed by atoms with Crippen LogP contribution in [0.3, 0.4) is 0 Å². The molecule has 0 aliphatic carbocycles. The summed E-state index contributed by atoms with van der Waals surface area (Å²) in [6, 6.07) is -5.46. The number of aliphatic hydroxyl groups excluding tert-OH is 1. The Morgan fingerprint density at radius 3 is 1.63 bits per heavy atom. The number of hydrogen-bond acceptors (Lipinski definition) is 9. The van der Waals surface area contributed by atoms with Gasteiger partial charge in [0.25, 0.3) is 0 Å². The normalized spacial score (nSPS) is 13.6. The summed E-state index contributed by atoms with van der Waals surface area (Å²) in [6.07, 6.45) is -0.288. The number of rotatable bonds is 19. The number of carboxylic acid groups (broad SMARTS) is 2. The van der Waals surface area contributed by atoms with Crippen molar-refractivity contribution in [2.24, 2.45) is 38.7 Å². The number of carbonyl (C=O) groups excluding carboxylic acids is 3. The second kappa shape index (κ2) is 18.1. The van der Waals surface area contributed by atoms with Crippen molar-refractivity contribution in [1.29, 1.82) is 0 Å². The fourth-order valence-electron chi connectivity index (χ4n) is 2.97. The first-order valence-corrected chi connectivity index (χ1v) is 11.6. The zero-order chi connectivity index (χ0) is 29.3. The van der Waals surface area contributed by atoms with Crippen LogP contribution >= 0.6 is 0 Å². The van der Waals surface area contributed by atoms with Gasteiger partial charge in [0, 0.05) is 19.5 Å². The zero-order valence-electron chi connectivity index (χ0n) is 20.8. The maximum Gasteiger partial charge on any atom is 0.326 e. The predicted molar refractivity (Wildman–Crippen MR) is 135 cm³/mol. The fraction of sp³-hybridized carbons (Fsp3) is 0.650. The second-order valence-corrected chi connectivity index (χ2v) is 8.14. The standard InChI is InChI=1S/C20H38N10O8/c21-10(3-1-7-26-19(22)23)15(34)30-13(9-31)17(36)28-11(5-6-14(32)33)16(35)29-12(18(37)38)4-2-8-27-20(24)25/h10-13,31H,1-9,21H2,(H,28,36)(H,29,35)(H,30,34)(H,32,33)(H,37,38)(H4,22,23,26)(H4,24,25,27). The van der Waals surface area contributed by atoms with E-state index in [-0.39, 0.29) is 44.3 Å². The van der Waals surface area contributed by atoms with Crippen LogP contribution in [-0.4, -0.2) is 101 Å². The molecule has 0 aromatic carbocycles. The molecule has 18 heteroatoms. The molecule has 0 fully saturated rings. The molecule has 216 valence electrons. The molecule has 0 aromatic rings. The minimum Gasteiger partial charge on any atom is -0.481 e. The highest BCUT2D eigenvalue weighted by atomic mass is 16.4. The molecule has 16 N–H and O–H groups in total. The van der Waals surface area contributed by atoms with Crippen LogP contribution in [0.4, 0.5) is 0 Å². The number of hydrogen-bond donors (Lipinski definition) is 11. The zero-order valence-corrected chi connectivity index (χ0v) is 20.8. The van der Waals surface area contributed by atoms with E-state index in [0.717, 1.165) is 0 Å². The van der Waals surface area contributed by atoms with Crippen molar-refractivity contribution in [3.05, 3.63) is 0 Å². The summed E-state index contributed by atoms with van der Waals surface area (Å²) < 4.78 is 0. The van der Waals surface area contributed by atoms with E-state index in [0.29, 0.717) is 6.42 Å². The Morgan fingerprint density at radius 1 is 0.684 bits per heavy atom. The third-order valence-electron chi connectivity index (χ3n) is 4.96. The van der Waals surface area contributed by atoms with Gasteiger partial charge in [0.05, 0.1) is 12.6 Å². The molecule has 4 atom stereocenters. The Bertz CT molecular complexity index is 874. The monoisotopic (exact) mass is 546 g/mol. The van der Waals surface area contributed by atoms with E-state index in [4.69, 9.17) is 33.8 Å². The average Bonchev–Trinajstić information content (AvgIpc) is 2.83. The van der Waals surface area contributed by atoms with Crippen LogP contribution in [0.5, 0.6) is 0 Å². The Labute approximate surface area is 218 Å². The topological polar surface area (TPSA) is 337 Å². The third-order valence-corrected chi connectivity index (χ3v) is 4.96. The molecule has 0 rings (SSSR count). The van der Waals surface area contributed by atoms with Gasteiger partial charge in [0.2, 0.25) is 17.7 Å². The number of aliphatic carboxylic acids is 2. The molecular formula is C20H38N10O8. The average molecular weight is 547 g/mol.